The van der Waals surface area contributed by atoms with Crippen LogP contribution in [0.5, 0.6) is 0 Å². The molecule has 0 aromatic carbocycles. The summed E-state index contributed by atoms with van der Waals surface area (Å²) in [6.45, 7) is 1.19. The first-order valence-corrected chi connectivity index (χ1v) is 13.8. The SMILES string of the molecule is NCCN.O=C([O-])CC(O)(CC(=O)[O-])C(=O)[O-].O=C([O-])CC(O)(CC(=O)[O-])C(=O)[O-].O=C([O-])CC(O)(CC(=O)[O-])C(=O)[O-].O=C([O-])CC(O)(CC(=O)[O-])C(=O)[O-].[C+4].[C+4].[C+4]. The van der Waals surface area contributed by atoms with Crippen LogP contribution in [0.4, 0.5) is 0 Å². The summed E-state index contributed by atoms with van der Waals surface area (Å²) in [6, 6.07) is 0. The van der Waals surface area contributed by atoms with Crippen molar-refractivity contribution in [2.75, 3.05) is 13.1 Å². The largest absolute Gasteiger partial charge is 4.00 e. The quantitative estimate of drug-likeness (QED) is 0.0624. The summed E-state index contributed by atoms with van der Waals surface area (Å²) in [7, 11) is 0. The zero-order valence-corrected chi connectivity index (χ0v) is 29.3. The van der Waals surface area contributed by atoms with Gasteiger partial charge in [0, 0.05) is 112 Å². The summed E-state index contributed by atoms with van der Waals surface area (Å²) in [6.07, 6.45) is -10.9. The average molecular weight is 853 g/mol. The summed E-state index contributed by atoms with van der Waals surface area (Å²) >= 11 is 0. The first-order valence-electron chi connectivity index (χ1n) is 13.8. The summed E-state index contributed by atoms with van der Waals surface area (Å²) in [5.41, 5.74) is -2.09. The average Bonchev–Trinajstić information content (AvgIpc) is 2.94. The van der Waals surface area contributed by atoms with Crippen LogP contribution in [0.1, 0.15) is 51.4 Å². The Morgan fingerprint density at radius 2 is 0.373 bits per heavy atom. The van der Waals surface area contributed by atoms with E-state index >= 15 is 0 Å². The van der Waals surface area contributed by atoms with Gasteiger partial charge in [0.2, 0.25) is 0 Å². The molecule has 0 fully saturated rings. The second kappa shape index (κ2) is 32.5. The molecular weight excluding hydrogens is 824 g/mol. The van der Waals surface area contributed by atoms with Gasteiger partial charge in [0.1, 0.15) is 22.4 Å². The van der Waals surface area contributed by atoms with Crippen LogP contribution < -0.4 is 72.7 Å². The van der Waals surface area contributed by atoms with E-state index in [9.17, 15) is 119 Å². The smallest absolute Gasteiger partial charge is 0.550 e. The number of aliphatic carboxylic acids is 12. The summed E-state index contributed by atoms with van der Waals surface area (Å²) in [5, 5.41) is 156. The van der Waals surface area contributed by atoms with Crippen LogP contribution in [0.2, 0.25) is 0 Å². The molecule has 0 aliphatic rings. The third-order valence-electron chi connectivity index (χ3n) is 5.18. The second-order valence-corrected chi connectivity index (χ2v) is 10.2. The minimum absolute atomic E-state index is 0. The summed E-state index contributed by atoms with van der Waals surface area (Å²) < 4.78 is 0. The number of hydrogen-bond acceptors (Lipinski definition) is 30. The second-order valence-electron chi connectivity index (χ2n) is 10.2. The van der Waals surface area contributed by atoms with Crippen LogP contribution in [-0.4, -0.2) is 128 Å². The molecule has 0 aromatic heterocycles. The van der Waals surface area contributed by atoms with E-state index in [1.54, 1.807) is 0 Å². The van der Waals surface area contributed by atoms with E-state index in [1.807, 2.05) is 0 Å². The number of aliphatic hydroxyl groups is 4. The van der Waals surface area contributed by atoms with Gasteiger partial charge in [-0.1, -0.05) is 0 Å². The molecule has 0 atom stereocenters. The Kier molecular flexibility index (Phi) is 38.7. The predicted octanol–water partition coefficient (Wildman–Crippen LogP) is -21.9. The maximum atomic E-state index is 10.1. The van der Waals surface area contributed by atoms with E-state index in [-0.39, 0.29) is 22.3 Å². The van der Waals surface area contributed by atoms with Crippen LogP contribution in [0, 0.1) is 22.3 Å². The van der Waals surface area contributed by atoms with Gasteiger partial charge in [-0.25, -0.2) is 0 Å². The fraction of sp³-hybridized carbons (Fsp3) is 0.483. The van der Waals surface area contributed by atoms with E-state index in [1.165, 1.54) is 0 Å². The first kappa shape index (κ1) is 70.2. The number of carbonyl (C=O) groups is 12. The molecule has 30 nitrogen and oxygen atoms in total. The van der Waals surface area contributed by atoms with Crippen LogP contribution in [-0.2, 0) is 57.5 Å². The van der Waals surface area contributed by atoms with Gasteiger partial charge in [0.25, 0.3) is 0 Å². The van der Waals surface area contributed by atoms with Crippen molar-refractivity contribution < 1.29 is 139 Å². The zero-order valence-electron chi connectivity index (χ0n) is 29.3. The van der Waals surface area contributed by atoms with E-state index < -0.39 is 145 Å². The van der Waals surface area contributed by atoms with Gasteiger partial charge in [-0.2, -0.15) is 0 Å². The minimum atomic E-state index is -2.97. The van der Waals surface area contributed by atoms with Gasteiger partial charge in [-0.05, 0) is 0 Å². The van der Waals surface area contributed by atoms with Crippen LogP contribution in [0.3, 0.4) is 0 Å². The molecule has 0 unspecified atom stereocenters. The van der Waals surface area contributed by atoms with E-state index in [4.69, 9.17) is 31.9 Å². The van der Waals surface area contributed by atoms with E-state index in [0.717, 1.165) is 0 Å². The van der Waals surface area contributed by atoms with Crippen molar-refractivity contribution in [2.45, 2.75) is 73.8 Å². The van der Waals surface area contributed by atoms with Crippen molar-refractivity contribution >= 4 is 71.6 Å². The molecule has 0 aromatic rings. The Balaban J connectivity index is -0.0000000933. The van der Waals surface area contributed by atoms with Crippen molar-refractivity contribution in [1.82, 2.24) is 0 Å². The third kappa shape index (κ3) is 36.8. The van der Waals surface area contributed by atoms with Gasteiger partial charge >= 0.3 is 22.3 Å². The Hall–Kier alpha value is -6.60. The molecule has 0 saturated heterocycles. The molecule has 59 heavy (non-hydrogen) atoms. The van der Waals surface area contributed by atoms with Gasteiger partial charge in [0.15, 0.2) is 0 Å². The Morgan fingerprint density at radius 1 is 0.288 bits per heavy atom. The van der Waals surface area contributed by atoms with E-state index in [0.29, 0.717) is 13.1 Å². The third-order valence-corrected chi connectivity index (χ3v) is 5.18. The first-order chi connectivity index (χ1) is 25.0. The molecule has 0 aliphatic heterocycles. The van der Waals surface area contributed by atoms with Crippen molar-refractivity contribution in [1.29, 1.82) is 0 Å². The summed E-state index contributed by atoms with van der Waals surface area (Å²) in [4.78, 5) is 120. The maximum absolute atomic E-state index is 10.1. The molecule has 0 rings (SSSR count). The standard InChI is InChI=1S/4C6H8O7.C2H8N2.3C/c4*7-3(8)1-6(13,5(11)12)2-4(9)10;3-1-2-4;;;/h4*13H,1-2H2,(H,7,8)(H,9,10)(H,11,12);1-4H2;;;/q;;;;;3*+4/p-12. The molecule has 0 aliphatic carbocycles. The normalized spacial score (nSPS) is 10.1. The van der Waals surface area contributed by atoms with Gasteiger partial charge in [0.05, 0.1) is 23.9 Å². The number of hydrogen-bond donors (Lipinski definition) is 6. The number of carbonyl (C=O) groups excluding carboxylic acids is 12. The Labute approximate surface area is 331 Å². The molecule has 0 amide bonds. The van der Waals surface area contributed by atoms with E-state index in [2.05, 4.69) is 0 Å². The summed E-state index contributed by atoms with van der Waals surface area (Å²) in [5.74, 6) is -23.9. The molecule has 0 radical (unpaired) electrons. The van der Waals surface area contributed by atoms with Crippen molar-refractivity contribution in [3.05, 3.63) is 22.3 Å². The Bertz CT molecular complexity index is 1170. The minimum Gasteiger partial charge on any atom is -0.550 e. The molecular formula is C29H28N2O28. The molecule has 322 valence electrons. The number of nitrogens with two attached hydrogens (primary N) is 2. The number of rotatable bonds is 21. The van der Waals surface area contributed by atoms with Gasteiger partial charge < -0.3 is 151 Å². The van der Waals surface area contributed by atoms with Crippen LogP contribution >= 0.6 is 0 Å². The zero-order chi connectivity index (χ0) is 46.0. The maximum Gasteiger partial charge on any atom is 4.00 e. The predicted molar refractivity (Wildman–Crippen MR) is 145 cm³/mol. The molecule has 30 heteroatoms. The molecule has 0 heterocycles. The van der Waals surface area contributed by atoms with Crippen molar-refractivity contribution in [3.63, 3.8) is 0 Å². The molecule has 0 saturated carbocycles. The van der Waals surface area contributed by atoms with Gasteiger partial charge in [-0.3, -0.25) is 0 Å². The molecule has 8 N–H and O–H groups in total. The van der Waals surface area contributed by atoms with Crippen LogP contribution in [0.15, 0.2) is 0 Å². The van der Waals surface area contributed by atoms with Crippen molar-refractivity contribution in [3.8, 4) is 0 Å². The van der Waals surface area contributed by atoms with Gasteiger partial charge in [-0.15, -0.1) is 0 Å². The number of carboxylic acids is 12. The fourth-order valence-electron chi connectivity index (χ4n) is 2.74. The molecule has 0 spiro atoms. The van der Waals surface area contributed by atoms with Crippen molar-refractivity contribution in [2.24, 2.45) is 11.5 Å². The Morgan fingerprint density at radius 3 is 0.407 bits per heavy atom. The topological polar surface area (TPSA) is 615 Å². The van der Waals surface area contributed by atoms with Crippen LogP contribution in [0.25, 0.3) is 0 Å². The molecule has 0 bridgehead atoms. The number of carboxylic acid groups (broad SMARTS) is 12. The monoisotopic (exact) mass is 852 g/mol. The fourth-order valence-corrected chi connectivity index (χ4v) is 2.74.